The first kappa shape index (κ1) is 17.5. The Labute approximate surface area is 128 Å². The highest BCUT2D eigenvalue weighted by molar-refractivity contribution is 5.95. The van der Waals surface area contributed by atoms with E-state index in [9.17, 15) is 9.59 Å². The fourth-order valence-electron chi connectivity index (χ4n) is 2.47. The van der Waals surface area contributed by atoms with E-state index < -0.39 is 0 Å². The lowest BCUT2D eigenvalue weighted by molar-refractivity contribution is 0.0799. The van der Waals surface area contributed by atoms with E-state index in [2.05, 4.69) is 20.4 Å². The maximum Gasteiger partial charge on any atom is 0.329 e. The standard InChI is InChI=1S/C16H29N3O2/c1-4-7-9-12-17-14-18(13-10-8-5-2)16(21)19(11-6-3)15(17)20/h6H,3-5,7-14H2,1-2H3. The first-order valence-corrected chi connectivity index (χ1v) is 8.11. The van der Waals surface area contributed by atoms with Crippen molar-refractivity contribution in [3.63, 3.8) is 0 Å². The van der Waals surface area contributed by atoms with E-state index in [-0.39, 0.29) is 18.6 Å². The van der Waals surface area contributed by atoms with Crippen molar-refractivity contribution in [3.05, 3.63) is 12.7 Å². The molecule has 1 aliphatic rings. The molecule has 0 aliphatic carbocycles. The van der Waals surface area contributed by atoms with E-state index in [1.54, 1.807) is 15.9 Å². The van der Waals surface area contributed by atoms with Gasteiger partial charge in [-0.1, -0.05) is 45.6 Å². The topological polar surface area (TPSA) is 43.9 Å². The Balaban J connectivity index is 2.68. The first-order valence-electron chi connectivity index (χ1n) is 8.11. The SMILES string of the molecule is C=CCN1C(=O)N(CCCCC)CN(CCCCC)C1=O. The van der Waals surface area contributed by atoms with E-state index in [0.29, 0.717) is 6.67 Å². The van der Waals surface area contributed by atoms with Crippen LogP contribution in [0, 0.1) is 0 Å². The molecule has 1 aliphatic heterocycles. The van der Waals surface area contributed by atoms with Crippen molar-refractivity contribution in [2.75, 3.05) is 26.3 Å². The number of amides is 4. The molecule has 0 aromatic carbocycles. The second kappa shape index (κ2) is 9.42. The minimum atomic E-state index is -0.178. The van der Waals surface area contributed by atoms with Crippen molar-refractivity contribution < 1.29 is 9.59 Å². The maximum absolute atomic E-state index is 12.4. The number of imide groups is 1. The van der Waals surface area contributed by atoms with E-state index in [0.717, 1.165) is 51.6 Å². The van der Waals surface area contributed by atoms with Crippen LogP contribution in [0.15, 0.2) is 12.7 Å². The van der Waals surface area contributed by atoms with Crippen LogP contribution in [0.3, 0.4) is 0 Å². The summed E-state index contributed by atoms with van der Waals surface area (Å²) in [5, 5.41) is 0. The molecule has 1 heterocycles. The number of carbonyl (C=O) groups is 2. The minimum absolute atomic E-state index is 0.178. The van der Waals surface area contributed by atoms with Crippen LogP contribution >= 0.6 is 0 Å². The van der Waals surface area contributed by atoms with Crippen LogP contribution < -0.4 is 0 Å². The lowest BCUT2D eigenvalue weighted by Crippen LogP contribution is -2.61. The fourth-order valence-corrected chi connectivity index (χ4v) is 2.47. The van der Waals surface area contributed by atoms with Gasteiger partial charge in [0.05, 0.1) is 13.2 Å². The number of rotatable bonds is 10. The summed E-state index contributed by atoms with van der Waals surface area (Å²) in [7, 11) is 0. The van der Waals surface area contributed by atoms with Gasteiger partial charge in [0.1, 0.15) is 0 Å². The second-order valence-corrected chi connectivity index (χ2v) is 5.55. The highest BCUT2D eigenvalue weighted by atomic mass is 16.2. The molecule has 0 aromatic heterocycles. The average Bonchev–Trinajstić information content (AvgIpc) is 2.48. The van der Waals surface area contributed by atoms with Gasteiger partial charge >= 0.3 is 12.1 Å². The van der Waals surface area contributed by atoms with Gasteiger partial charge in [-0.05, 0) is 12.8 Å². The van der Waals surface area contributed by atoms with Gasteiger partial charge in [-0.25, -0.2) is 14.5 Å². The molecule has 0 aromatic rings. The molecule has 0 bridgehead atoms. The number of nitrogens with zero attached hydrogens (tertiary/aromatic N) is 3. The third kappa shape index (κ3) is 5.06. The second-order valence-electron chi connectivity index (χ2n) is 5.55. The van der Waals surface area contributed by atoms with Gasteiger partial charge in [-0.2, -0.15) is 0 Å². The molecule has 0 radical (unpaired) electrons. The van der Waals surface area contributed by atoms with Crippen molar-refractivity contribution in [2.45, 2.75) is 52.4 Å². The molecule has 1 saturated heterocycles. The molecule has 0 atom stereocenters. The molecule has 0 unspecified atom stereocenters. The Kier molecular flexibility index (Phi) is 7.87. The molecular weight excluding hydrogens is 266 g/mol. The van der Waals surface area contributed by atoms with Gasteiger partial charge in [0, 0.05) is 13.1 Å². The number of hydrogen-bond acceptors (Lipinski definition) is 2. The Hall–Kier alpha value is -1.52. The Morgan fingerprint density at radius 1 is 0.952 bits per heavy atom. The predicted octanol–water partition coefficient (Wildman–Crippen LogP) is 3.67. The van der Waals surface area contributed by atoms with Gasteiger partial charge in [0.15, 0.2) is 0 Å². The first-order chi connectivity index (χ1) is 10.2. The van der Waals surface area contributed by atoms with Crippen LogP contribution in [0.5, 0.6) is 0 Å². The maximum atomic E-state index is 12.4. The molecule has 1 rings (SSSR count). The van der Waals surface area contributed by atoms with E-state index >= 15 is 0 Å². The van der Waals surface area contributed by atoms with Crippen LogP contribution in [0.25, 0.3) is 0 Å². The Bertz CT molecular complexity index is 329. The molecule has 0 N–H and O–H groups in total. The molecule has 1 fully saturated rings. The van der Waals surface area contributed by atoms with Crippen molar-refractivity contribution in [1.29, 1.82) is 0 Å². The molecule has 4 amide bonds. The summed E-state index contributed by atoms with van der Waals surface area (Å²) in [4.78, 5) is 29.6. The molecule has 21 heavy (non-hydrogen) atoms. The smallest absolute Gasteiger partial charge is 0.306 e. The summed E-state index contributed by atoms with van der Waals surface area (Å²) in [6, 6.07) is -0.356. The molecule has 5 nitrogen and oxygen atoms in total. The Morgan fingerprint density at radius 3 is 1.81 bits per heavy atom. The van der Waals surface area contributed by atoms with Crippen molar-refractivity contribution in [2.24, 2.45) is 0 Å². The third-order valence-electron chi connectivity index (χ3n) is 3.72. The zero-order valence-corrected chi connectivity index (χ0v) is 13.5. The zero-order valence-electron chi connectivity index (χ0n) is 13.5. The van der Waals surface area contributed by atoms with Crippen LogP contribution in [0.2, 0.25) is 0 Å². The van der Waals surface area contributed by atoms with Crippen LogP contribution in [-0.2, 0) is 0 Å². The van der Waals surface area contributed by atoms with Crippen LogP contribution in [-0.4, -0.2) is 53.1 Å². The van der Waals surface area contributed by atoms with Gasteiger partial charge < -0.3 is 9.80 Å². The van der Waals surface area contributed by atoms with E-state index in [1.807, 2.05) is 0 Å². The van der Waals surface area contributed by atoms with Crippen LogP contribution in [0.4, 0.5) is 9.59 Å². The lowest BCUT2D eigenvalue weighted by atomic mass is 10.2. The Morgan fingerprint density at radius 2 is 1.43 bits per heavy atom. The predicted molar refractivity (Wildman–Crippen MR) is 85.0 cm³/mol. The van der Waals surface area contributed by atoms with Gasteiger partial charge in [-0.15, -0.1) is 6.58 Å². The van der Waals surface area contributed by atoms with Gasteiger partial charge in [0.2, 0.25) is 0 Å². The van der Waals surface area contributed by atoms with Crippen molar-refractivity contribution in [3.8, 4) is 0 Å². The monoisotopic (exact) mass is 295 g/mol. The number of hydrogen-bond donors (Lipinski definition) is 0. The van der Waals surface area contributed by atoms with E-state index in [4.69, 9.17) is 0 Å². The number of unbranched alkanes of at least 4 members (excludes halogenated alkanes) is 4. The largest absolute Gasteiger partial charge is 0.329 e. The minimum Gasteiger partial charge on any atom is -0.306 e. The summed E-state index contributed by atoms with van der Waals surface area (Å²) in [6.45, 7) is 10.1. The molecule has 0 spiro atoms. The third-order valence-corrected chi connectivity index (χ3v) is 3.72. The quantitative estimate of drug-likeness (QED) is 0.456. The fraction of sp³-hybridized carbons (Fsp3) is 0.750. The molecule has 120 valence electrons. The summed E-state index contributed by atoms with van der Waals surface area (Å²) >= 11 is 0. The number of urea groups is 2. The number of carbonyl (C=O) groups excluding carboxylic acids is 2. The van der Waals surface area contributed by atoms with Crippen molar-refractivity contribution in [1.82, 2.24) is 14.7 Å². The summed E-state index contributed by atoms with van der Waals surface area (Å²) < 4.78 is 0. The average molecular weight is 295 g/mol. The van der Waals surface area contributed by atoms with Gasteiger partial charge in [-0.3, -0.25) is 0 Å². The van der Waals surface area contributed by atoms with Gasteiger partial charge in [0.25, 0.3) is 0 Å². The lowest BCUT2D eigenvalue weighted by Gasteiger charge is -2.40. The summed E-state index contributed by atoms with van der Waals surface area (Å²) in [5.74, 6) is 0. The van der Waals surface area contributed by atoms with Crippen LogP contribution in [0.1, 0.15) is 52.4 Å². The molecule has 5 heteroatoms. The van der Waals surface area contributed by atoms with E-state index in [1.165, 1.54) is 4.90 Å². The molecule has 0 saturated carbocycles. The van der Waals surface area contributed by atoms with Crippen molar-refractivity contribution >= 4 is 12.1 Å². The zero-order chi connectivity index (χ0) is 15.7. The normalized spacial score (nSPS) is 15.8. The molecular formula is C16H29N3O2. The highest BCUT2D eigenvalue weighted by Gasteiger charge is 2.35. The summed E-state index contributed by atoms with van der Waals surface area (Å²) in [6.07, 6.45) is 8.04. The highest BCUT2D eigenvalue weighted by Crippen LogP contribution is 2.15. The summed E-state index contributed by atoms with van der Waals surface area (Å²) in [5.41, 5.74) is 0.